The van der Waals surface area contributed by atoms with Crippen LogP contribution in [0.3, 0.4) is 0 Å². The average Bonchev–Trinajstić information content (AvgIpc) is 2.28. The highest BCUT2D eigenvalue weighted by molar-refractivity contribution is 5.92. The van der Waals surface area contributed by atoms with E-state index in [1.54, 1.807) is 0 Å². The van der Waals surface area contributed by atoms with E-state index in [4.69, 9.17) is 10.8 Å². The van der Waals surface area contributed by atoms with E-state index in [-0.39, 0.29) is 18.1 Å². The van der Waals surface area contributed by atoms with Crippen LogP contribution < -0.4 is 5.73 Å². The first-order valence-corrected chi connectivity index (χ1v) is 4.82. The molecule has 0 aromatic carbocycles. The van der Waals surface area contributed by atoms with Gasteiger partial charge >= 0.3 is 0 Å². The van der Waals surface area contributed by atoms with Gasteiger partial charge in [-0.05, 0) is 12.1 Å². The van der Waals surface area contributed by atoms with Crippen LogP contribution in [0, 0.1) is 0 Å². The van der Waals surface area contributed by atoms with Crippen molar-refractivity contribution in [1.82, 2.24) is 15.1 Å². The largest absolute Gasteiger partial charge is 0.395 e. The van der Waals surface area contributed by atoms with Crippen molar-refractivity contribution in [1.29, 1.82) is 0 Å². The molecule has 17 heavy (non-hydrogen) atoms. The lowest BCUT2D eigenvalue weighted by molar-refractivity contribution is 0.0503. The molecule has 1 aromatic heterocycles. The zero-order valence-electron chi connectivity index (χ0n) is 8.88. The number of nitrogens with zero attached hydrogens (tertiary/aromatic N) is 3. The Morgan fingerprint density at radius 2 is 2.18 bits per heavy atom. The van der Waals surface area contributed by atoms with Crippen molar-refractivity contribution in [2.45, 2.75) is 6.43 Å². The van der Waals surface area contributed by atoms with Crippen LogP contribution in [0.4, 0.5) is 14.6 Å². The summed E-state index contributed by atoms with van der Waals surface area (Å²) in [7, 11) is 0. The quantitative estimate of drug-likeness (QED) is 0.748. The molecule has 8 heteroatoms. The van der Waals surface area contributed by atoms with Crippen molar-refractivity contribution < 1.29 is 18.7 Å². The average molecular weight is 246 g/mol. The lowest BCUT2D eigenvalue weighted by Gasteiger charge is -2.20. The third-order valence-electron chi connectivity index (χ3n) is 1.92. The van der Waals surface area contributed by atoms with Gasteiger partial charge in [0.2, 0.25) is 0 Å². The van der Waals surface area contributed by atoms with Gasteiger partial charge in [-0.25, -0.2) is 8.78 Å². The first-order valence-electron chi connectivity index (χ1n) is 4.82. The van der Waals surface area contributed by atoms with E-state index in [2.05, 4.69) is 10.2 Å². The molecule has 0 aliphatic rings. The van der Waals surface area contributed by atoms with Crippen molar-refractivity contribution in [3.8, 4) is 0 Å². The van der Waals surface area contributed by atoms with Crippen molar-refractivity contribution in [2.75, 3.05) is 25.4 Å². The second-order valence-electron chi connectivity index (χ2n) is 3.21. The summed E-state index contributed by atoms with van der Waals surface area (Å²) in [5.74, 6) is -0.587. The molecule has 1 heterocycles. The first-order chi connectivity index (χ1) is 8.04. The highest BCUT2D eigenvalue weighted by Crippen LogP contribution is 2.05. The Morgan fingerprint density at radius 1 is 1.47 bits per heavy atom. The summed E-state index contributed by atoms with van der Waals surface area (Å²) in [5, 5.41) is 15.6. The minimum absolute atomic E-state index is 0.0895. The molecule has 0 fully saturated rings. The van der Waals surface area contributed by atoms with Crippen molar-refractivity contribution in [3.63, 3.8) is 0 Å². The minimum atomic E-state index is -2.67. The molecule has 0 unspecified atom stereocenters. The van der Waals surface area contributed by atoms with Crippen LogP contribution in [-0.4, -0.2) is 52.2 Å². The lowest BCUT2D eigenvalue weighted by Crippen LogP contribution is -2.37. The second-order valence-corrected chi connectivity index (χ2v) is 3.21. The highest BCUT2D eigenvalue weighted by atomic mass is 19.3. The molecule has 94 valence electrons. The molecule has 0 atom stereocenters. The normalized spacial score (nSPS) is 10.6. The zero-order chi connectivity index (χ0) is 12.8. The number of halogens is 2. The molecule has 0 radical (unpaired) electrons. The molecule has 1 amide bonds. The molecule has 6 nitrogen and oxygen atoms in total. The minimum Gasteiger partial charge on any atom is -0.395 e. The lowest BCUT2D eigenvalue weighted by atomic mass is 10.3. The van der Waals surface area contributed by atoms with E-state index in [9.17, 15) is 13.6 Å². The van der Waals surface area contributed by atoms with Gasteiger partial charge in [-0.15, -0.1) is 10.2 Å². The van der Waals surface area contributed by atoms with Gasteiger partial charge in [0.25, 0.3) is 12.3 Å². The summed E-state index contributed by atoms with van der Waals surface area (Å²) in [6.07, 6.45) is -2.67. The topological polar surface area (TPSA) is 92.3 Å². The number of carbonyl (C=O) groups is 1. The van der Waals surface area contributed by atoms with Crippen LogP contribution >= 0.6 is 0 Å². The number of hydrogen-bond acceptors (Lipinski definition) is 5. The van der Waals surface area contributed by atoms with Crippen LogP contribution in [0.1, 0.15) is 10.5 Å². The number of anilines is 1. The Labute approximate surface area is 96.1 Å². The summed E-state index contributed by atoms with van der Waals surface area (Å²) in [4.78, 5) is 12.5. The molecule has 3 N–H and O–H groups in total. The van der Waals surface area contributed by atoms with E-state index in [0.717, 1.165) is 4.90 Å². The van der Waals surface area contributed by atoms with Crippen LogP contribution in [0.5, 0.6) is 0 Å². The maximum absolute atomic E-state index is 12.2. The predicted octanol–water partition coefficient (Wildman–Crippen LogP) is -0.242. The molecular weight excluding hydrogens is 234 g/mol. The monoisotopic (exact) mass is 246 g/mol. The Morgan fingerprint density at radius 3 is 2.65 bits per heavy atom. The fraction of sp³-hybridized carbons (Fsp3) is 0.444. The Bertz CT molecular complexity index is 372. The molecule has 0 spiro atoms. The number of amides is 1. The number of nitrogens with two attached hydrogens (primary N) is 1. The van der Waals surface area contributed by atoms with Gasteiger partial charge in [-0.2, -0.15) is 0 Å². The number of carbonyl (C=O) groups excluding carboxylic acids is 1. The van der Waals surface area contributed by atoms with Gasteiger partial charge in [0.05, 0.1) is 13.2 Å². The Balaban J connectivity index is 2.79. The maximum atomic E-state index is 12.2. The standard InChI is InChI=1S/C9H12F2N4O2/c10-7(11)5-15(3-4-16)9(17)6-1-2-8(12)14-13-6/h1-2,7,16H,3-5H2,(H2,12,14). The zero-order valence-corrected chi connectivity index (χ0v) is 8.88. The number of aliphatic hydroxyl groups is 1. The Hall–Kier alpha value is -1.83. The summed E-state index contributed by atoms with van der Waals surface area (Å²) >= 11 is 0. The van der Waals surface area contributed by atoms with Crippen LogP contribution in [-0.2, 0) is 0 Å². The van der Waals surface area contributed by atoms with Gasteiger partial charge in [-0.1, -0.05) is 0 Å². The van der Waals surface area contributed by atoms with Gasteiger partial charge in [-0.3, -0.25) is 4.79 Å². The Kier molecular flexibility index (Phi) is 4.70. The third kappa shape index (κ3) is 3.91. The summed E-state index contributed by atoms with van der Waals surface area (Å²) < 4.78 is 24.4. The van der Waals surface area contributed by atoms with E-state index in [1.165, 1.54) is 12.1 Å². The van der Waals surface area contributed by atoms with Gasteiger partial charge in [0.1, 0.15) is 5.82 Å². The van der Waals surface area contributed by atoms with Gasteiger partial charge < -0.3 is 15.7 Å². The number of alkyl halides is 2. The fourth-order valence-corrected chi connectivity index (χ4v) is 1.18. The molecule has 0 aliphatic carbocycles. The van der Waals surface area contributed by atoms with Crippen LogP contribution in [0.15, 0.2) is 12.1 Å². The molecule has 0 saturated heterocycles. The van der Waals surface area contributed by atoms with Crippen molar-refractivity contribution in [2.24, 2.45) is 0 Å². The molecule has 1 aromatic rings. The SMILES string of the molecule is Nc1ccc(C(=O)N(CCO)CC(F)F)nn1. The number of nitrogen functional groups attached to an aromatic ring is 1. The number of aliphatic hydroxyl groups excluding tert-OH is 1. The number of hydrogen-bond donors (Lipinski definition) is 2. The fourth-order valence-electron chi connectivity index (χ4n) is 1.18. The summed E-state index contributed by atoms with van der Waals surface area (Å²) in [6.45, 7) is -1.35. The number of aromatic nitrogens is 2. The van der Waals surface area contributed by atoms with Crippen LogP contribution in [0.25, 0.3) is 0 Å². The van der Waals surface area contributed by atoms with E-state index in [1.807, 2.05) is 0 Å². The molecule has 0 aliphatic heterocycles. The van der Waals surface area contributed by atoms with E-state index < -0.39 is 25.5 Å². The third-order valence-corrected chi connectivity index (χ3v) is 1.92. The second kappa shape index (κ2) is 6.04. The molecule has 1 rings (SSSR count). The van der Waals surface area contributed by atoms with Gasteiger partial charge in [0.15, 0.2) is 5.69 Å². The van der Waals surface area contributed by atoms with E-state index in [0.29, 0.717) is 0 Å². The predicted molar refractivity (Wildman–Crippen MR) is 55.4 cm³/mol. The maximum Gasteiger partial charge on any atom is 0.274 e. The summed E-state index contributed by atoms with van der Waals surface area (Å²) in [5.41, 5.74) is 5.19. The summed E-state index contributed by atoms with van der Waals surface area (Å²) in [6, 6.07) is 2.64. The van der Waals surface area contributed by atoms with Crippen molar-refractivity contribution >= 4 is 11.7 Å². The molecular formula is C9H12F2N4O2. The number of rotatable bonds is 5. The van der Waals surface area contributed by atoms with Crippen LogP contribution in [0.2, 0.25) is 0 Å². The molecule has 0 saturated carbocycles. The first kappa shape index (κ1) is 13.2. The van der Waals surface area contributed by atoms with Crippen molar-refractivity contribution in [3.05, 3.63) is 17.8 Å². The highest BCUT2D eigenvalue weighted by Gasteiger charge is 2.20. The molecule has 0 bridgehead atoms. The smallest absolute Gasteiger partial charge is 0.274 e. The van der Waals surface area contributed by atoms with E-state index >= 15 is 0 Å². The van der Waals surface area contributed by atoms with Gasteiger partial charge in [0, 0.05) is 6.54 Å².